The molecular weight excluding hydrogens is 245 g/mol. The average Bonchev–Trinajstić information content (AvgIpc) is 2.81. The highest BCUT2D eigenvalue weighted by Gasteiger charge is 2.07. The lowest BCUT2D eigenvalue weighted by atomic mass is 10.1. The van der Waals surface area contributed by atoms with Gasteiger partial charge in [0.25, 0.3) is 0 Å². The molecule has 0 amide bonds. The lowest BCUT2D eigenvalue weighted by Gasteiger charge is -2.11. The van der Waals surface area contributed by atoms with Gasteiger partial charge in [0.2, 0.25) is 0 Å². The number of methoxy groups -OCH3 is 1. The number of rotatable bonds is 6. The highest BCUT2D eigenvalue weighted by molar-refractivity contribution is 5.40. The van der Waals surface area contributed by atoms with Gasteiger partial charge < -0.3 is 10.1 Å². The summed E-state index contributed by atoms with van der Waals surface area (Å²) in [5.41, 5.74) is 2.70. The van der Waals surface area contributed by atoms with Crippen LogP contribution >= 0.6 is 0 Å². The molecule has 0 fully saturated rings. The van der Waals surface area contributed by atoms with Crippen LogP contribution in [0, 0.1) is 12.7 Å². The van der Waals surface area contributed by atoms with E-state index in [1.54, 1.807) is 17.9 Å². The van der Waals surface area contributed by atoms with Crippen molar-refractivity contribution in [1.29, 1.82) is 0 Å². The molecule has 2 aromatic rings. The second-order valence-corrected chi connectivity index (χ2v) is 4.34. The molecular formula is C14H18FN3O. The Hall–Kier alpha value is -1.72. The molecule has 0 aliphatic rings. The summed E-state index contributed by atoms with van der Waals surface area (Å²) >= 11 is 0. The van der Waals surface area contributed by atoms with Gasteiger partial charge in [-0.2, -0.15) is 5.10 Å². The summed E-state index contributed by atoms with van der Waals surface area (Å²) in [5.74, 6) is -0.240. The fourth-order valence-corrected chi connectivity index (χ4v) is 1.87. The molecule has 1 aromatic carbocycles. The van der Waals surface area contributed by atoms with Crippen molar-refractivity contribution in [3.8, 4) is 5.69 Å². The molecule has 102 valence electrons. The average molecular weight is 263 g/mol. The lowest BCUT2D eigenvalue weighted by Crippen LogP contribution is -2.19. The third kappa shape index (κ3) is 3.62. The predicted octanol–water partition coefficient (Wildman–Crippen LogP) is 2.06. The van der Waals surface area contributed by atoms with Gasteiger partial charge in [-0.3, -0.25) is 0 Å². The van der Waals surface area contributed by atoms with Crippen LogP contribution in [-0.2, 0) is 11.3 Å². The number of halogens is 1. The van der Waals surface area contributed by atoms with Gasteiger partial charge in [0.1, 0.15) is 5.82 Å². The third-order valence-electron chi connectivity index (χ3n) is 2.81. The molecule has 0 aliphatic carbocycles. The Morgan fingerprint density at radius 2 is 2.21 bits per heavy atom. The van der Waals surface area contributed by atoms with Gasteiger partial charge in [0.15, 0.2) is 0 Å². The predicted molar refractivity (Wildman–Crippen MR) is 71.8 cm³/mol. The highest BCUT2D eigenvalue weighted by atomic mass is 19.1. The van der Waals surface area contributed by atoms with Crippen LogP contribution in [-0.4, -0.2) is 30.0 Å². The number of hydrogen-bond donors (Lipinski definition) is 1. The van der Waals surface area contributed by atoms with Crippen molar-refractivity contribution in [3.63, 3.8) is 0 Å². The first-order valence-electron chi connectivity index (χ1n) is 6.21. The Balaban J connectivity index is 2.18. The minimum absolute atomic E-state index is 0.240. The summed E-state index contributed by atoms with van der Waals surface area (Å²) in [5, 5.41) is 7.57. The Morgan fingerprint density at radius 1 is 1.37 bits per heavy atom. The Bertz CT molecular complexity index is 539. The first-order chi connectivity index (χ1) is 9.20. The molecule has 1 N–H and O–H groups in total. The van der Waals surface area contributed by atoms with Crippen LogP contribution in [0.1, 0.15) is 11.3 Å². The number of aryl methyl sites for hydroxylation is 1. The maximum atomic E-state index is 13.4. The van der Waals surface area contributed by atoms with Crippen LogP contribution < -0.4 is 5.32 Å². The fraction of sp³-hybridized carbons (Fsp3) is 0.357. The Morgan fingerprint density at radius 3 is 2.89 bits per heavy atom. The molecule has 1 heterocycles. The maximum Gasteiger partial charge on any atom is 0.123 e. The summed E-state index contributed by atoms with van der Waals surface area (Å²) in [7, 11) is 1.65. The van der Waals surface area contributed by atoms with Crippen molar-refractivity contribution < 1.29 is 9.13 Å². The van der Waals surface area contributed by atoms with E-state index in [9.17, 15) is 4.39 Å². The smallest absolute Gasteiger partial charge is 0.123 e. The van der Waals surface area contributed by atoms with Gasteiger partial charge in [-0.05, 0) is 36.8 Å². The molecule has 0 atom stereocenters. The minimum atomic E-state index is -0.240. The maximum absolute atomic E-state index is 13.4. The molecule has 0 unspecified atom stereocenters. The van der Waals surface area contributed by atoms with Gasteiger partial charge in [-0.25, -0.2) is 9.07 Å². The monoisotopic (exact) mass is 263 g/mol. The van der Waals surface area contributed by atoms with Gasteiger partial charge >= 0.3 is 0 Å². The van der Waals surface area contributed by atoms with E-state index in [2.05, 4.69) is 10.4 Å². The zero-order valence-corrected chi connectivity index (χ0v) is 11.2. The molecule has 1 aromatic heterocycles. The number of hydrogen-bond acceptors (Lipinski definition) is 3. The first-order valence-corrected chi connectivity index (χ1v) is 6.21. The van der Waals surface area contributed by atoms with Crippen molar-refractivity contribution in [2.24, 2.45) is 0 Å². The molecule has 0 bridgehead atoms. The Labute approximate surface area is 112 Å². The third-order valence-corrected chi connectivity index (χ3v) is 2.81. The van der Waals surface area contributed by atoms with Gasteiger partial charge in [0.05, 0.1) is 18.0 Å². The molecule has 19 heavy (non-hydrogen) atoms. The Kier molecular flexibility index (Phi) is 4.65. The number of aromatic nitrogens is 2. The standard InChI is InChI=1S/C14H18FN3O/c1-11-5-7-18(17-11)14-4-3-13(15)9-12(14)10-16-6-8-19-2/h3-5,7,9,16H,6,8,10H2,1-2H3. The van der Waals surface area contributed by atoms with E-state index in [4.69, 9.17) is 4.74 Å². The van der Waals surface area contributed by atoms with Gasteiger partial charge in [-0.15, -0.1) is 0 Å². The van der Waals surface area contributed by atoms with E-state index in [1.807, 2.05) is 19.2 Å². The zero-order chi connectivity index (χ0) is 13.7. The van der Waals surface area contributed by atoms with Crippen molar-refractivity contribution in [2.75, 3.05) is 20.3 Å². The van der Waals surface area contributed by atoms with Gasteiger partial charge in [-0.1, -0.05) is 0 Å². The van der Waals surface area contributed by atoms with E-state index in [1.165, 1.54) is 12.1 Å². The number of benzene rings is 1. The van der Waals surface area contributed by atoms with Crippen LogP contribution in [0.5, 0.6) is 0 Å². The van der Waals surface area contributed by atoms with E-state index < -0.39 is 0 Å². The molecule has 0 radical (unpaired) electrons. The molecule has 0 aliphatic heterocycles. The van der Waals surface area contributed by atoms with E-state index >= 15 is 0 Å². The largest absolute Gasteiger partial charge is 0.383 e. The number of nitrogens with zero attached hydrogens (tertiary/aromatic N) is 2. The molecule has 2 rings (SSSR count). The number of nitrogens with one attached hydrogen (secondary N) is 1. The minimum Gasteiger partial charge on any atom is -0.383 e. The lowest BCUT2D eigenvalue weighted by molar-refractivity contribution is 0.199. The normalized spacial score (nSPS) is 10.9. The van der Waals surface area contributed by atoms with Crippen molar-refractivity contribution in [2.45, 2.75) is 13.5 Å². The van der Waals surface area contributed by atoms with Gasteiger partial charge in [0, 0.05) is 26.4 Å². The van der Waals surface area contributed by atoms with E-state index in [0.29, 0.717) is 13.2 Å². The summed E-state index contributed by atoms with van der Waals surface area (Å²) < 4.78 is 20.1. The van der Waals surface area contributed by atoms with Crippen molar-refractivity contribution >= 4 is 0 Å². The number of ether oxygens (including phenoxy) is 1. The molecule has 5 heteroatoms. The SMILES string of the molecule is COCCNCc1cc(F)ccc1-n1ccc(C)n1. The quantitative estimate of drug-likeness (QED) is 0.811. The van der Waals surface area contributed by atoms with E-state index in [0.717, 1.165) is 23.5 Å². The summed E-state index contributed by atoms with van der Waals surface area (Å²) in [6, 6.07) is 6.65. The second kappa shape index (κ2) is 6.45. The van der Waals surface area contributed by atoms with Crippen LogP contribution in [0.4, 0.5) is 4.39 Å². The fourth-order valence-electron chi connectivity index (χ4n) is 1.87. The first kappa shape index (κ1) is 13.7. The van der Waals surface area contributed by atoms with E-state index in [-0.39, 0.29) is 5.82 Å². The highest BCUT2D eigenvalue weighted by Crippen LogP contribution is 2.16. The van der Waals surface area contributed by atoms with Crippen LogP contribution in [0.25, 0.3) is 5.69 Å². The second-order valence-electron chi connectivity index (χ2n) is 4.34. The van der Waals surface area contributed by atoms with Crippen LogP contribution in [0.2, 0.25) is 0 Å². The summed E-state index contributed by atoms with van der Waals surface area (Å²) in [6.07, 6.45) is 1.88. The van der Waals surface area contributed by atoms with Crippen molar-refractivity contribution in [1.82, 2.24) is 15.1 Å². The van der Waals surface area contributed by atoms with Crippen molar-refractivity contribution in [3.05, 3.63) is 47.5 Å². The molecule has 0 spiro atoms. The van der Waals surface area contributed by atoms with Crippen LogP contribution in [0.3, 0.4) is 0 Å². The zero-order valence-electron chi connectivity index (χ0n) is 11.2. The molecule has 0 saturated heterocycles. The molecule has 0 saturated carbocycles. The summed E-state index contributed by atoms with van der Waals surface area (Å²) in [6.45, 7) is 3.86. The summed E-state index contributed by atoms with van der Waals surface area (Å²) in [4.78, 5) is 0. The topological polar surface area (TPSA) is 39.1 Å². The molecule has 4 nitrogen and oxygen atoms in total. The van der Waals surface area contributed by atoms with Crippen LogP contribution in [0.15, 0.2) is 30.5 Å².